The van der Waals surface area contributed by atoms with E-state index >= 15 is 0 Å². The Labute approximate surface area is 194 Å². The van der Waals surface area contributed by atoms with E-state index in [1.807, 2.05) is 0 Å². The minimum absolute atomic E-state index is 0.0174. The van der Waals surface area contributed by atoms with Crippen LogP contribution in [-0.4, -0.2) is 71.3 Å². The summed E-state index contributed by atoms with van der Waals surface area (Å²) in [7, 11) is -7.77. The molecule has 0 spiro atoms. The number of hydrogen-bond acceptors (Lipinski definition) is 6. The Morgan fingerprint density at radius 2 is 1.48 bits per heavy atom. The Morgan fingerprint density at radius 1 is 0.879 bits per heavy atom. The van der Waals surface area contributed by atoms with Crippen LogP contribution in [0, 0.1) is 6.92 Å². The Hall–Kier alpha value is -2.47. The number of benzene rings is 2. The van der Waals surface area contributed by atoms with E-state index in [0.29, 0.717) is 37.4 Å². The van der Waals surface area contributed by atoms with Crippen LogP contribution in [0.2, 0.25) is 0 Å². The molecule has 0 unspecified atom stereocenters. The van der Waals surface area contributed by atoms with Gasteiger partial charge in [0.25, 0.3) is 15.9 Å². The van der Waals surface area contributed by atoms with Crippen LogP contribution in [0.25, 0.3) is 0 Å². The van der Waals surface area contributed by atoms with Crippen molar-refractivity contribution in [3.63, 3.8) is 0 Å². The number of ether oxygens (including phenoxy) is 1. The lowest BCUT2D eigenvalue weighted by Gasteiger charge is -2.26. The van der Waals surface area contributed by atoms with E-state index in [2.05, 4.69) is 4.72 Å². The number of hydrogen-bond donors (Lipinski definition) is 1. The summed E-state index contributed by atoms with van der Waals surface area (Å²) in [5, 5.41) is 0. The van der Waals surface area contributed by atoms with Crippen molar-refractivity contribution < 1.29 is 26.4 Å². The first-order valence-corrected chi connectivity index (χ1v) is 13.7. The lowest BCUT2D eigenvalue weighted by molar-refractivity contribution is 0.0730. The molecule has 2 fully saturated rings. The molecule has 11 heteroatoms. The fourth-order valence-corrected chi connectivity index (χ4v) is 6.53. The Kier molecular flexibility index (Phi) is 6.76. The molecule has 33 heavy (non-hydrogen) atoms. The van der Waals surface area contributed by atoms with E-state index in [4.69, 9.17) is 4.74 Å². The van der Waals surface area contributed by atoms with Crippen molar-refractivity contribution in [2.75, 3.05) is 44.1 Å². The van der Waals surface area contributed by atoms with Crippen molar-refractivity contribution in [2.24, 2.45) is 0 Å². The molecule has 0 bridgehead atoms. The fraction of sp³-hybridized carbons (Fsp3) is 0.409. The zero-order valence-electron chi connectivity index (χ0n) is 18.4. The second-order valence-electron chi connectivity index (χ2n) is 8.09. The van der Waals surface area contributed by atoms with Gasteiger partial charge in [0, 0.05) is 26.2 Å². The number of nitrogens with zero attached hydrogens (tertiary/aromatic N) is 2. The first-order chi connectivity index (χ1) is 15.7. The van der Waals surface area contributed by atoms with Gasteiger partial charge in [0.05, 0.1) is 34.3 Å². The lowest BCUT2D eigenvalue weighted by Crippen LogP contribution is -2.40. The molecule has 2 saturated heterocycles. The topological polar surface area (TPSA) is 113 Å². The molecule has 2 aromatic carbocycles. The third-order valence-electron chi connectivity index (χ3n) is 5.87. The third-order valence-corrected chi connectivity index (χ3v) is 9.16. The Bertz CT molecular complexity index is 1230. The Balaban J connectivity index is 1.59. The van der Waals surface area contributed by atoms with Gasteiger partial charge in [-0.3, -0.25) is 9.52 Å². The van der Waals surface area contributed by atoms with Crippen LogP contribution in [0.4, 0.5) is 5.69 Å². The smallest absolute Gasteiger partial charge is 0.261 e. The predicted octanol–water partition coefficient (Wildman–Crippen LogP) is 2.05. The number of nitrogens with one attached hydrogen (secondary N) is 1. The van der Waals surface area contributed by atoms with E-state index in [-0.39, 0.29) is 34.5 Å². The van der Waals surface area contributed by atoms with Crippen molar-refractivity contribution in [3.8, 4) is 0 Å². The van der Waals surface area contributed by atoms with E-state index in [9.17, 15) is 21.6 Å². The molecule has 178 valence electrons. The van der Waals surface area contributed by atoms with Crippen molar-refractivity contribution >= 4 is 31.6 Å². The minimum Gasteiger partial charge on any atom is -0.379 e. The normalized spacial score (nSPS) is 17.8. The number of likely N-dealkylation sites (tertiary alicyclic amines) is 1. The first-order valence-electron chi connectivity index (χ1n) is 10.8. The highest BCUT2D eigenvalue weighted by Crippen LogP contribution is 2.27. The van der Waals surface area contributed by atoms with Crippen LogP contribution in [0.1, 0.15) is 28.8 Å². The molecule has 4 rings (SSSR count). The van der Waals surface area contributed by atoms with E-state index in [0.717, 1.165) is 12.8 Å². The van der Waals surface area contributed by atoms with Crippen molar-refractivity contribution in [1.82, 2.24) is 9.21 Å². The number of amides is 1. The largest absolute Gasteiger partial charge is 0.379 e. The van der Waals surface area contributed by atoms with Crippen LogP contribution in [0.3, 0.4) is 0 Å². The SMILES string of the molecule is Cc1cccc(NS(=O)(=O)c2ccc(S(=O)(=O)N3CCOCC3)cc2)c1C(=O)N1CCCC1. The van der Waals surface area contributed by atoms with Gasteiger partial charge in [-0.05, 0) is 55.7 Å². The maximum Gasteiger partial charge on any atom is 0.261 e. The van der Waals surface area contributed by atoms with E-state index in [1.54, 1.807) is 30.0 Å². The average Bonchev–Trinajstić information content (AvgIpc) is 3.34. The molecule has 2 aromatic rings. The second kappa shape index (κ2) is 9.41. The standard InChI is InChI=1S/C22H27N3O6S2/c1-17-5-4-6-20(21(17)22(26)24-11-2-3-12-24)23-32(27,28)18-7-9-19(10-8-18)33(29,30)25-13-15-31-16-14-25/h4-10,23H,2-3,11-16H2,1H3. The molecular formula is C22H27N3O6S2. The van der Waals surface area contributed by atoms with Crippen LogP contribution in [0.15, 0.2) is 52.3 Å². The summed E-state index contributed by atoms with van der Waals surface area (Å²) < 4.78 is 60.7. The average molecular weight is 494 g/mol. The number of carbonyl (C=O) groups is 1. The quantitative estimate of drug-likeness (QED) is 0.659. The molecule has 0 saturated carbocycles. The highest BCUT2D eigenvalue weighted by Gasteiger charge is 2.28. The van der Waals surface area contributed by atoms with Gasteiger partial charge in [-0.25, -0.2) is 16.8 Å². The summed E-state index contributed by atoms with van der Waals surface area (Å²) in [6.07, 6.45) is 1.86. The first kappa shape index (κ1) is 23.7. The molecule has 0 atom stereocenters. The van der Waals surface area contributed by atoms with Gasteiger partial charge in [-0.2, -0.15) is 4.31 Å². The van der Waals surface area contributed by atoms with Crippen LogP contribution < -0.4 is 4.72 Å². The minimum atomic E-state index is -4.05. The van der Waals surface area contributed by atoms with Gasteiger partial charge in [0.1, 0.15) is 0 Å². The summed E-state index contributed by atoms with van der Waals surface area (Å²) in [5.74, 6) is -0.199. The summed E-state index contributed by atoms with van der Waals surface area (Å²) in [6, 6.07) is 10.1. The maximum absolute atomic E-state index is 13.1. The molecule has 9 nitrogen and oxygen atoms in total. The van der Waals surface area contributed by atoms with Crippen molar-refractivity contribution in [1.29, 1.82) is 0 Å². The third kappa shape index (κ3) is 4.91. The number of anilines is 1. The van der Waals surface area contributed by atoms with E-state index in [1.165, 1.54) is 28.6 Å². The number of morpholine rings is 1. The van der Waals surface area contributed by atoms with Gasteiger partial charge in [-0.1, -0.05) is 12.1 Å². The summed E-state index contributed by atoms with van der Waals surface area (Å²) >= 11 is 0. The van der Waals surface area contributed by atoms with E-state index < -0.39 is 20.0 Å². The predicted molar refractivity (Wildman–Crippen MR) is 123 cm³/mol. The number of carbonyl (C=O) groups excluding carboxylic acids is 1. The zero-order chi connectivity index (χ0) is 23.6. The summed E-state index contributed by atoms with van der Waals surface area (Å²) in [4.78, 5) is 14.7. The molecule has 0 aliphatic carbocycles. The molecular weight excluding hydrogens is 466 g/mol. The molecule has 0 radical (unpaired) electrons. The molecule has 1 N–H and O–H groups in total. The van der Waals surface area contributed by atoms with Gasteiger partial charge in [0.2, 0.25) is 10.0 Å². The van der Waals surface area contributed by atoms with Crippen LogP contribution in [-0.2, 0) is 24.8 Å². The monoisotopic (exact) mass is 493 g/mol. The molecule has 0 aromatic heterocycles. The second-order valence-corrected chi connectivity index (χ2v) is 11.7. The van der Waals surface area contributed by atoms with Crippen molar-refractivity contribution in [3.05, 3.63) is 53.6 Å². The summed E-state index contributed by atoms with van der Waals surface area (Å²) in [6.45, 7) is 4.23. The fourth-order valence-electron chi connectivity index (χ4n) is 4.05. The van der Waals surface area contributed by atoms with Gasteiger partial charge >= 0.3 is 0 Å². The van der Waals surface area contributed by atoms with Gasteiger partial charge in [0.15, 0.2) is 0 Å². The van der Waals surface area contributed by atoms with Crippen LogP contribution >= 0.6 is 0 Å². The number of aryl methyl sites for hydroxylation is 1. The summed E-state index contributed by atoms with van der Waals surface area (Å²) in [5.41, 5.74) is 1.21. The number of sulfonamides is 2. The number of rotatable bonds is 6. The lowest BCUT2D eigenvalue weighted by atomic mass is 10.1. The molecule has 1 amide bonds. The van der Waals surface area contributed by atoms with Crippen LogP contribution in [0.5, 0.6) is 0 Å². The van der Waals surface area contributed by atoms with Gasteiger partial charge in [-0.15, -0.1) is 0 Å². The highest BCUT2D eigenvalue weighted by molar-refractivity contribution is 7.92. The van der Waals surface area contributed by atoms with Crippen molar-refractivity contribution in [2.45, 2.75) is 29.6 Å². The zero-order valence-corrected chi connectivity index (χ0v) is 20.0. The Morgan fingerprint density at radius 3 is 2.12 bits per heavy atom. The highest BCUT2D eigenvalue weighted by atomic mass is 32.2. The molecule has 2 heterocycles. The maximum atomic E-state index is 13.1. The molecule has 2 aliphatic heterocycles. The van der Waals surface area contributed by atoms with Gasteiger partial charge < -0.3 is 9.64 Å². The molecule has 2 aliphatic rings.